The van der Waals surface area contributed by atoms with Gasteiger partial charge in [0.25, 0.3) is 0 Å². The number of nitrogens with two attached hydrogens (primary N) is 2. The van der Waals surface area contributed by atoms with Crippen LogP contribution >= 0.6 is 0 Å². The number of benzene rings is 3. The molecule has 0 bridgehead atoms. The summed E-state index contributed by atoms with van der Waals surface area (Å²) in [6.07, 6.45) is 2.65. The third kappa shape index (κ3) is 22.4. The summed E-state index contributed by atoms with van der Waals surface area (Å²) in [4.78, 5) is 214. The van der Waals surface area contributed by atoms with Crippen LogP contribution < -0.4 is 64.6 Å². The molecule has 0 spiro atoms. The Morgan fingerprint density at radius 2 is 0.887 bits per heavy atom. The number of aromatic nitrogens is 3. The molecule has 106 heavy (non-hydrogen) atoms. The Bertz CT molecular complexity index is 4220. The second-order valence-corrected chi connectivity index (χ2v) is 26.9. The van der Waals surface area contributed by atoms with Gasteiger partial charge in [-0.2, -0.15) is 0 Å². The molecule has 0 aliphatic carbocycles. The van der Waals surface area contributed by atoms with Crippen molar-refractivity contribution in [3.8, 4) is 0 Å². The average Bonchev–Trinajstić information content (AvgIpc) is 1.70. The normalized spacial score (nSPS) is 15.9. The molecule has 1 aliphatic rings. The first kappa shape index (κ1) is 81.6. The second-order valence-electron chi connectivity index (χ2n) is 26.9. The summed E-state index contributed by atoms with van der Waals surface area (Å²) < 4.78 is 0. The maximum atomic E-state index is 14.7. The topological polar surface area (TPSA) is 540 Å². The highest BCUT2D eigenvalue weighted by Gasteiger charge is 2.41. The molecule has 34 nitrogen and oxygen atoms in total. The number of primary amides is 1. The van der Waals surface area contributed by atoms with Gasteiger partial charge in [-0.1, -0.05) is 109 Å². The molecule has 1 fully saturated rings. The van der Waals surface area contributed by atoms with Gasteiger partial charge in [0.1, 0.15) is 54.4 Å². The van der Waals surface area contributed by atoms with Gasteiger partial charge < -0.3 is 99.8 Å². The van der Waals surface area contributed by atoms with Crippen molar-refractivity contribution in [2.45, 2.75) is 173 Å². The van der Waals surface area contributed by atoms with Gasteiger partial charge in [0.15, 0.2) is 0 Å². The number of likely N-dealkylation sites (tertiary alicyclic amines) is 1. The van der Waals surface area contributed by atoms with Crippen LogP contribution in [-0.4, -0.2) is 204 Å². The standard InChI is InChI=1S/C72H94N16O18/c1-7-37(5)61(70(103)79-35-57(91)81-52(29-55(74)89)68(101)87-62(38(6)8-2)71(104)88-25-15-22-54(88)72(105)106)86-66(99)50(27-40-32-76-47-20-13-10-17-43(40)47)80-56(90)34-78-69(102)60(36(3)4)85-67(100)51(28-41-33-77-48-21-14-11-18-44(41)48)83-65(98)53(30-59(94)95)84-64(97)49(23-24-58(92)93)82-63(96)45(73)26-39-31-75-46-19-12-9-16-42(39)46/h9-14,16-21,31-33,36-38,45,49-54,60-62,75-77H,7-8,15,22-30,34-35,73H2,1-6H3,(H2,74,89)(H,78,102)(H,79,103)(H,80,90)(H,81,91)(H,82,96)(H,83,98)(H,84,97)(H,85,100)(H,86,99)(H,87,101)(H,92,93)(H,94,95)(H,105,106)/t37-,38-,45-,49-,50-,51-,52-,53-,54-,60-,61-,62-/m0/s1. The number of carboxylic acid groups (broad SMARTS) is 3. The molecule has 0 unspecified atom stereocenters. The summed E-state index contributed by atoms with van der Waals surface area (Å²) >= 11 is 0. The SMILES string of the molecule is CC[C@H](C)[C@H](NC(=O)[C@H](Cc1c[nH]c2ccccc12)NC(=O)CNC(=O)[C@@H](NC(=O)[C@H](Cc1c[nH]c2ccccc12)NC(=O)[C@H](CC(=O)O)NC(=O)[C@H](CCC(=O)O)NC(=O)[C@@H](N)Cc1c[nH]c2ccccc12)C(C)C)C(=O)NCC(=O)N[C@@H](CC(N)=O)C(=O)N[C@H](C(=O)N1CCC[C@H]1C(=O)O)[C@@H](C)CC. The van der Waals surface area contributed by atoms with Crippen LogP contribution in [0.15, 0.2) is 91.4 Å². The van der Waals surface area contributed by atoms with E-state index < -0.39 is 206 Å². The highest BCUT2D eigenvalue weighted by atomic mass is 16.4. The van der Waals surface area contributed by atoms with Crippen LogP contribution in [0.1, 0.15) is 110 Å². The largest absolute Gasteiger partial charge is 0.481 e. The number of carboxylic acids is 3. The molecule has 3 aromatic carbocycles. The van der Waals surface area contributed by atoms with Crippen LogP contribution in [0.3, 0.4) is 0 Å². The van der Waals surface area contributed by atoms with Crippen molar-refractivity contribution in [2.75, 3.05) is 19.6 Å². The van der Waals surface area contributed by atoms with E-state index in [9.17, 15) is 87.2 Å². The van der Waals surface area contributed by atoms with Gasteiger partial charge in [-0.25, -0.2) is 4.79 Å². The minimum Gasteiger partial charge on any atom is -0.481 e. The molecule has 0 saturated carbocycles. The van der Waals surface area contributed by atoms with Crippen molar-refractivity contribution in [3.05, 3.63) is 108 Å². The molecule has 12 amide bonds. The second kappa shape index (κ2) is 38.2. The Labute approximate surface area is 608 Å². The highest BCUT2D eigenvalue weighted by molar-refractivity contribution is 6.01. The van der Waals surface area contributed by atoms with E-state index in [1.54, 1.807) is 115 Å². The molecule has 12 atom stereocenters. The lowest BCUT2D eigenvalue weighted by Crippen LogP contribution is -2.60. The molecule has 34 heteroatoms. The van der Waals surface area contributed by atoms with Crippen LogP contribution in [-0.2, 0) is 91.2 Å². The Morgan fingerprint density at radius 3 is 1.37 bits per heavy atom. The predicted molar refractivity (Wildman–Crippen MR) is 385 cm³/mol. The monoisotopic (exact) mass is 1470 g/mol. The van der Waals surface area contributed by atoms with Gasteiger partial charge in [-0.05, 0) is 78.3 Å². The van der Waals surface area contributed by atoms with Crippen molar-refractivity contribution >= 4 is 122 Å². The van der Waals surface area contributed by atoms with Gasteiger partial charge in [-0.15, -0.1) is 0 Å². The summed E-state index contributed by atoms with van der Waals surface area (Å²) in [6, 6.07) is 6.40. The Hall–Kier alpha value is -11.7. The number of carbonyl (C=O) groups excluding carboxylic acids is 12. The number of H-pyrrole nitrogens is 3. The lowest BCUT2D eigenvalue weighted by Gasteiger charge is -2.31. The zero-order chi connectivity index (χ0) is 77.6. The maximum absolute atomic E-state index is 14.7. The molecule has 7 rings (SSSR count). The van der Waals surface area contributed by atoms with Gasteiger partial charge in [0.2, 0.25) is 70.9 Å². The molecule has 3 aromatic heterocycles. The summed E-state index contributed by atoms with van der Waals surface area (Å²) in [5.74, 6) is -17.5. The summed E-state index contributed by atoms with van der Waals surface area (Å²) in [7, 11) is 0. The first-order valence-corrected chi connectivity index (χ1v) is 35.0. The fourth-order valence-electron chi connectivity index (χ4n) is 12.4. The number of carbonyl (C=O) groups is 15. The van der Waals surface area contributed by atoms with E-state index in [-0.39, 0.29) is 38.6 Å². The molecule has 20 N–H and O–H groups in total. The van der Waals surface area contributed by atoms with E-state index in [1.165, 1.54) is 4.90 Å². The third-order valence-corrected chi connectivity index (χ3v) is 18.8. The molecule has 0 radical (unpaired) electrons. The van der Waals surface area contributed by atoms with Crippen molar-refractivity contribution < 1.29 is 87.2 Å². The van der Waals surface area contributed by atoms with E-state index in [4.69, 9.17) is 11.5 Å². The van der Waals surface area contributed by atoms with Gasteiger partial charge in [0, 0.05) is 77.1 Å². The van der Waals surface area contributed by atoms with Gasteiger partial charge in [0.05, 0.1) is 32.0 Å². The van der Waals surface area contributed by atoms with Crippen LogP contribution in [0.4, 0.5) is 0 Å². The quantitative estimate of drug-likeness (QED) is 0.0233. The van der Waals surface area contributed by atoms with Crippen molar-refractivity contribution in [1.29, 1.82) is 0 Å². The maximum Gasteiger partial charge on any atom is 0.326 e. The number of hydrogen-bond donors (Lipinski definition) is 18. The molecule has 6 aromatic rings. The Morgan fingerprint density at radius 1 is 0.481 bits per heavy atom. The third-order valence-electron chi connectivity index (χ3n) is 18.8. The summed E-state index contributed by atoms with van der Waals surface area (Å²) in [5, 5.41) is 56.5. The molecular formula is C72H94N16O18. The van der Waals surface area contributed by atoms with E-state index in [1.807, 2.05) is 18.2 Å². The van der Waals surface area contributed by atoms with E-state index in [2.05, 4.69) is 68.1 Å². The minimum atomic E-state index is -1.96. The fourth-order valence-corrected chi connectivity index (χ4v) is 12.4. The predicted octanol–water partition coefficient (Wildman–Crippen LogP) is -0.365. The van der Waals surface area contributed by atoms with Crippen molar-refractivity contribution in [2.24, 2.45) is 29.2 Å². The van der Waals surface area contributed by atoms with E-state index >= 15 is 0 Å². The number of rotatable bonds is 40. The lowest BCUT2D eigenvalue weighted by atomic mass is 9.96. The minimum absolute atomic E-state index is 0.0110. The number of nitrogens with zero attached hydrogens (tertiary/aromatic N) is 1. The zero-order valence-electron chi connectivity index (χ0n) is 59.6. The van der Waals surface area contributed by atoms with Crippen LogP contribution in [0.2, 0.25) is 0 Å². The molecule has 4 heterocycles. The summed E-state index contributed by atoms with van der Waals surface area (Å²) in [6.45, 7) is 8.42. The van der Waals surface area contributed by atoms with Crippen LogP contribution in [0, 0.1) is 17.8 Å². The average molecular weight is 1470 g/mol. The highest BCUT2D eigenvalue weighted by Crippen LogP contribution is 2.25. The lowest BCUT2D eigenvalue weighted by molar-refractivity contribution is -0.150. The molecular weight excluding hydrogens is 1380 g/mol. The van der Waals surface area contributed by atoms with Crippen LogP contribution in [0.25, 0.3) is 32.7 Å². The number of hydrogen-bond acceptors (Lipinski definition) is 16. The Kier molecular flexibility index (Phi) is 29.4. The number of aromatic amines is 3. The molecule has 1 saturated heterocycles. The summed E-state index contributed by atoms with van der Waals surface area (Å²) in [5.41, 5.74) is 15.5. The number of aliphatic carboxylic acids is 3. The number of nitrogens with one attached hydrogen (secondary N) is 13. The number of para-hydroxylation sites is 3. The zero-order valence-corrected chi connectivity index (χ0v) is 59.6. The number of fused-ring (bicyclic) bond motifs is 3. The van der Waals surface area contributed by atoms with E-state index in [0.717, 1.165) is 10.9 Å². The first-order chi connectivity index (χ1) is 50.4. The smallest absolute Gasteiger partial charge is 0.326 e. The number of amides is 12. The Balaban J connectivity index is 1.04. The fraction of sp³-hybridized carbons (Fsp3) is 0.458. The molecule has 570 valence electrons. The van der Waals surface area contributed by atoms with Gasteiger partial charge >= 0.3 is 17.9 Å². The first-order valence-electron chi connectivity index (χ1n) is 35.0. The van der Waals surface area contributed by atoms with Crippen molar-refractivity contribution in [1.82, 2.24) is 73.0 Å². The molecule has 1 aliphatic heterocycles. The van der Waals surface area contributed by atoms with E-state index in [0.29, 0.717) is 51.3 Å². The van der Waals surface area contributed by atoms with Crippen molar-refractivity contribution in [3.63, 3.8) is 0 Å². The van der Waals surface area contributed by atoms with Gasteiger partial charge in [-0.3, -0.25) is 67.1 Å². The van der Waals surface area contributed by atoms with Crippen LogP contribution in [0.5, 0.6) is 0 Å².